The number of thioether (sulfide) groups is 2. The second kappa shape index (κ2) is 10.9. The van der Waals surface area contributed by atoms with Crippen LogP contribution in [0.4, 0.5) is 5.69 Å². The zero-order chi connectivity index (χ0) is 21.5. The van der Waals surface area contributed by atoms with Crippen LogP contribution >= 0.6 is 34.9 Å². The first-order valence-corrected chi connectivity index (χ1v) is 13.1. The Morgan fingerprint density at radius 2 is 2.00 bits per heavy atom. The molecule has 160 valence electrons. The van der Waals surface area contributed by atoms with Crippen LogP contribution in [-0.4, -0.2) is 22.4 Å². The topological polar surface area (TPSA) is 51.2 Å². The van der Waals surface area contributed by atoms with Crippen molar-refractivity contribution in [3.63, 3.8) is 0 Å². The first-order valence-electron chi connectivity index (χ1n) is 10.1. The predicted octanol–water partition coefficient (Wildman–Crippen LogP) is 6.55. The zero-order valence-electron chi connectivity index (χ0n) is 17.2. The largest absolute Gasteiger partial charge is 0.487 e. The summed E-state index contributed by atoms with van der Waals surface area (Å²) in [5.74, 6) is 3.04. The van der Waals surface area contributed by atoms with Crippen molar-refractivity contribution < 1.29 is 9.53 Å². The van der Waals surface area contributed by atoms with Gasteiger partial charge in [-0.25, -0.2) is 4.98 Å². The average molecular weight is 469 g/mol. The molecule has 31 heavy (non-hydrogen) atoms. The summed E-state index contributed by atoms with van der Waals surface area (Å²) in [5, 5.41) is 6.01. The number of aryl methyl sites for hydroxylation is 1. The highest BCUT2D eigenvalue weighted by molar-refractivity contribution is 8.16. The van der Waals surface area contributed by atoms with Crippen LogP contribution in [0.2, 0.25) is 0 Å². The number of benzene rings is 2. The Bertz CT molecular complexity index is 1040. The van der Waals surface area contributed by atoms with Gasteiger partial charge in [-0.05, 0) is 66.3 Å². The van der Waals surface area contributed by atoms with Crippen molar-refractivity contribution in [2.45, 2.75) is 24.5 Å². The molecular formula is C24H24N2O2S3. The average Bonchev–Trinajstić information content (AvgIpc) is 3.23. The van der Waals surface area contributed by atoms with Crippen LogP contribution in [0.1, 0.15) is 32.8 Å². The molecule has 0 saturated carbocycles. The molecule has 0 atom stereocenters. The summed E-state index contributed by atoms with van der Waals surface area (Å²) >= 11 is 5.58. The summed E-state index contributed by atoms with van der Waals surface area (Å²) in [6.45, 7) is 2.44. The van der Waals surface area contributed by atoms with Gasteiger partial charge in [0.15, 0.2) is 0 Å². The number of anilines is 1. The standard InChI is InChI=1S/C24H24N2O2S3/c1-17-25-21(16-31-17)15-28-22-9-6-18(7-10-22)8-11-23(27)26-20-5-2-4-19(14-20)24-29-12-3-13-30-24/h2,4-11,14,16,24H,3,12-13,15H2,1H3,(H,26,27)/b11-8+. The van der Waals surface area contributed by atoms with Crippen LogP contribution in [0.3, 0.4) is 0 Å². The number of amides is 1. The fourth-order valence-corrected chi connectivity index (χ4v) is 6.58. The van der Waals surface area contributed by atoms with Gasteiger partial charge in [-0.3, -0.25) is 4.79 Å². The molecule has 4 rings (SSSR count). The second-order valence-corrected chi connectivity index (χ2v) is 10.9. The molecule has 1 aliphatic heterocycles. The number of carbonyl (C=O) groups excluding carboxylic acids is 1. The van der Waals surface area contributed by atoms with Gasteiger partial charge in [-0.2, -0.15) is 0 Å². The summed E-state index contributed by atoms with van der Waals surface area (Å²) in [7, 11) is 0. The Morgan fingerprint density at radius 1 is 1.19 bits per heavy atom. The third-order valence-electron chi connectivity index (χ3n) is 4.61. The van der Waals surface area contributed by atoms with Crippen molar-refractivity contribution >= 4 is 52.5 Å². The summed E-state index contributed by atoms with van der Waals surface area (Å²) in [4.78, 5) is 16.8. The van der Waals surface area contributed by atoms with E-state index >= 15 is 0 Å². The lowest BCUT2D eigenvalue weighted by molar-refractivity contribution is -0.111. The van der Waals surface area contributed by atoms with Crippen LogP contribution in [0, 0.1) is 6.92 Å². The monoisotopic (exact) mass is 468 g/mol. The molecule has 0 unspecified atom stereocenters. The van der Waals surface area contributed by atoms with Gasteiger partial charge in [-0.1, -0.05) is 24.3 Å². The lowest BCUT2D eigenvalue weighted by Gasteiger charge is -2.21. The lowest BCUT2D eigenvalue weighted by atomic mass is 10.2. The van der Waals surface area contributed by atoms with Crippen molar-refractivity contribution in [2.75, 3.05) is 16.8 Å². The number of rotatable bonds is 7. The Balaban J connectivity index is 1.29. The summed E-state index contributed by atoms with van der Waals surface area (Å²) < 4.78 is 6.22. The molecule has 1 amide bonds. The van der Waals surface area contributed by atoms with Gasteiger partial charge in [0.1, 0.15) is 12.4 Å². The predicted molar refractivity (Wildman–Crippen MR) is 134 cm³/mol. The first-order chi connectivity index (χ1) is 15.2. The van der Waals surface area contributed by atoms with E-state index < -0.39 is 0 Å². The molecule has 0 bridgehead atoms. The fourth-order valence-electron chi connectivity index (χ4n) is 3.11. The second-order valence-electron chi connectivity index (χ2n) is 7.09. The molecule has 7 heteroatoms. The summed E-state index contributed by atoms with van der Waals surface area (Å²) in [5.41, 5.74) is 3.98. The third kappa shape index (κ3) is 6.63. The number of hydrogen-bond acceptors (Lipinski definition) is 6. The number of thiazole rings is 1. The van der Waals surface area contributed by atoms with Gasteiger partial charge in [0.25, 0.3) is 0 Å². The third-order valence-corrected chi connectivity index (χ3v) is 8.45. The smallest absolute Gasteiger partial charge is 0.248 e. The van der Waals surface area contributed by atoms with E-state index in [-0.39, 0.29) is 5.91 Å². The highest BCUT2D eigenvalue weighted by atomic mass is 32.2. The fraction of sp³-hybridized carbons (Fsp3) is 0.250. The van der Waals surface area contributed by atoms with Gasteiger partial charge in [-0.15, -0.1) is 34.9 Å². The van der Waals surface area contributed by atoms with Gasteiger partial charge in [0.05, 0.1) is 15.3 Å². The Morgan fingerprint density at radius 3 is 2.74 bits per heavy atom. The van der Waals surface area contributed by atoms with E-state index in [9.17, 15) is 4.79 Å². The Kier molecular flexibility index (Phi) is 7.72. The van der Waals surface area contributed by atoms with Crippen LogP contribution < -0.4 is 10.1 Å². The maximum atomic E-state index is 12.4. The number of hydrogen-bond donors (Lipinski definition) is 1. The van der Waals surface area contributed by atoms with E-state index in [1.54, 1.807) is 23.5 Å². The number of carbonyl (C=O) groups is 1. The van der Waals surface area contributed by atoms with Crippen molar-refractivity contribution in [1.29, 1.82) is 0 Å². The van der Waals surface area contributed by atoms with E-state index in [4.69, 9.17) is 4.74 Å². The summed E-state index contributed by atoms with van der Waals surface area (Å²) in [6.07, 6.45) is 4.63. The minimum Gasteiger partial charge on any atom is -0.487 e. The van der Waals surface area contributed by atoms with Crippen LogP contribution in [0.5, 0.6) is 5.75 Å². The van der Waals surface area contributed by atoms with Gasteiger partial charge in [0, 0.05) is 17.1 Å². The molecule has 1 saturated heterocycles. The van der Waals surface area contributed by atoms with E-state index in [0.717, 1.165) is 27.7 Å². The van der Waals surface area contributed by atoms with E-state index in [0.29, 0.717) is 11.2 Å². The molecule has 0 spiro atoms. The molecule has 1 aliphatic rings. The lowest BCUT2D eigenvalue weighted by Crippen LogP contribution is -2.08. The van der Waals surface area contributed by atoms with Crippen LogP contribution in [-0.2, 0) is 11.4 Å². The SMILES string of the molecule is Cc1nc(COc2ccc(/C=C/C(=O)Nc3cccc(C4SCCCS4)c3)cc2)cs1. The molecule has 1 aromatic heterocycles. The minimum atomic E-state index is -0.139. The number of nitrogens with one attached hydrogen (secondary N) is 1. The molecule has 1 N–H and O–H groups in total. The first kappa shape index (κ1) is 22.0. The normalized spacial score (nSPS) is 14.6. The van der Waals surface area contributed by atoms with Crippen molar-refractivity contribution in [3.8, 4) is 5.75 Å². The Hall–Kier alpha value is -2.22. The molecular weight excluding hydrogens is 444 g/mol. The van der Waals surface area contributed by atoms with E-state index in [1.807, 2.05) is 72.2 Å². The number of ether oxygens (including phenoxy) is 1. The molecule has 4 nitrogen and oxygen atoms in total. The molecule has 0 radical (unpaired) electrons. The molecule has 2 heterocycles. The molecule has 0 aliphatic carbocycles. The highest BCUT2D eigenvalue weighted by Crippen LogP contribution is 2.44. The van der Waals surface area contributed by atoms with Crippen LogP contribution in [0.15, 0.2) is 60.0 Å². The van der Waals surface area contributed by atoms with Gasteiger partial charge in [0.2, 0.25) is 5.91 Å². The van der Waals surface area contributed by atoms with Crippen molar-refractivity contribution in [1.82, 2.24) is 4.98 Å². The van der Waals surface area contributed by atoms with Crippen molar-refractivity contribution in [3.05, 3.63) is 81.8 Å². The van der Waals surface area contributed by atoms with E-state index in [1.165, 1.54) is 23.5 Å². The highest BCUT2D eigenvalue weighted by Gasteiger charge is 2.16. The van der Waals surface area contributed by atoms with Crippen molar-refractivity contribution in [2.24, 2.45) is 0 Å². The zero-order valence-corrected chi connectivity index (χ0v) is 19.7. The minimum absolute atomic E-state index is 0.139. The molecule has 2 aromatic carbocycles. The van der Waals surface area contributed by atoms with E-state index in [2.05, 4.69) is 22.4 Å². The summed E-state index contributed by atoms with van der Waals surface area (Å²) in [6, 6.07) is 15.8. The number of nitrogens with zero attached hydrogens (tertiary/aromatic N) is 1. The molecule has 1 fully saturated rings. The maximum absolute atomic E-state index is 12.4. The van der Waals surface area contributed by atoms with Gasteiger partial charge >= 0.3 is 0 Å². The number of aromatic nitrogens is 1. The molecule has 3 aromatic rings. The maximum Gasteiger partial charge on any atom is 0.248 e. The van der Waals surface area contributed by atoms with Crippen LogP contribution in [0.25, 0.3) is 6.08 Å². The quantitative estimate of drug-likeness (QED) is 0.398. The van der Waals surface area contributed by atoms with Gasteiger partial charge < -0.3 is 10.1 Å². The Labute approximate surface area is 195 Å².